The number of ketones is 1. The van der Waals surface area contributed by atoms with Crippen LogP contribution in [0, 0.1) is 0 Å². The van der Waals surface area contributed by atoms with E-state index < -0.39 is 17.7 Å². The van der Waals surface area contributed by atoms with Gasteiger partial charge >= 0.3 is 0 Å². The summed E-state index contributed by atoms with van der Waals surface area (Å²) >= 11 is 6.20. The van der Waals surface area contributed by atoms with E-state index in [9.17, 15) is 14.7 Å². The van der Waals surface area contributed by atoms with E-state index in [2.05, 4.69) is 0 Å². The van der Waals surface area contributed by atoms with Crippen molar-refractivity contribution < 1.29 is 28.9 Å². The number of aliphatic hydroxyl groups is 1. The van der Waals surface area contributed by atoms with E-state index in [1.165, 1.54) is 25.2 Å². The topological polar surface area (TPSA) is 85.3 Å². The first-order chi connectivity index (χ1) is 17.8. The number of rotatable bonds is 8. The van der Waals surface area contributed by atoms with E-state index in [-0.39, 0.29) is 16.9 Å². The summed E-state index contributed by atoms with van der Waals surface area (Å²) in [5.41, 5.74) is 2.29. The smallest absolute Gasteiger partial charge is 0.300 e. The molecule has 0 radical (unpaired) electrons. The van der Waals surface area contributed by atoms with Gasteiger partial charge in [0.05, 0.1) is 38.0 Å². The van der Waals surface area contributed by atoms with Crippen LogP contribution in [0.3, 0.4) is 0 Å². The standard InChI is InChI=1S/C29H28ClNO6/c1-5-17-7-11-20(12-8-17)31-26(18-9-13-23(36-4)24(15-18)37-6-2)25(28(33)29(31)34)27(32)21-16-19(30)10-14-22(21)35-3/h7-16,26,32H,5-6H2,1-4H3/b27-25+. The molecule has 1 heterocycles. The molecule has 1 N–H and O–H groups in total. The van der Waals surface area contributed by atoms with Crippen molar-refractivity contribution in [3.63, 3.8) is 0 Å². The second-order valence-electron chi connectivity index (χ2n) is 8.38. The molecular formula is C29H28ClNO6. The van der Waals surface area contributed by atoms with E-state index in [1.807, 2.05) is 26.0 Å². The van der Waals surface area contributed by atoms with Gasteiger partial charge in [-0.15, -0.1) is 0 Å². The minimum absolute atomic E-state index is 0.0854. The molecule has 0 aliphatic carbocycles. The number of carbonyl (C=O) groups is 2. The quantitative estimate of drug-likeness (QED) is 0.224. The Bertz CT molecular complexity index is 1370. The number of halogens is 1. The number of aliphatic hydroxyl groups excluding tert-OH is 1. The molecule has 1 unspecified atom stereocenters. The van der Waals surface area contributed by atoms with Gasteiger partial charge < -0.3 is 19.3 Å². The zero-order valence-electron chi connectivity index (χ0n) is 21.1. The molecule has 0 spiro atoms. The van der Waals surface area contributed by atoms with Crippen LogP contribution in [0.2, 0.25) is 5.02 Å². The molecule has 4 rings (SSSR count). The van der Waals surface area contributed by atoms with Crippen molar-refractivity contribution in [2.45, 2.75) is 26.3 Å². The fraction of sp³-hybridized carbons (Fsp3) is 0.241. The summed E-state index contributed by atoms with van der Waals surface area (Å²) in [5.74, 6) is -0.697. The molecule has 37 heavy (non-hydrogen) atoms. The molecule has 0 aromatic heterocycles. The van der Waals surface area contributed by atoms with Crippen molar-refractivity contribution in [1.29, 1.82) is 0 Å². The average Bonchev–Trinajstić information content (AvgIpc) is 3.18. The van der Waals surface area contributed by atoms with Gasteiger partial charge in [-0.1, -0.05) is 36.7 Å². The Kier molecular flexibility index (Phi) is 7.74. The molecule has 3 aromatic rings. The van der Waals surface area contributed by atoms with Crippen LogP contribution in [0.4, 0.5) is 5.69 Å². The van der Waals surface area contributed by atoms with Crippen LogP contribution in [0.15, 0.2) is 66.2 Å². The zero-order chi connectivity index (χ0) is 26.7. The molecule has 0 saturated carbocycles. The maximum atomic E-state index is 13.5. The molecule has 1 fully saturated rings. The molecule has 8 heteroatoms. The Hall–Kier alpha value is -3.97. The van der Waals surface area contributed by atoms with Crippen LogP contribution in [0.25, 0.3) is 5.76 Å². The van der Waals surface area contributed by atoms with Crippen LogP contribution >= 0.6 is 11.6 Å². The van der Waals surface area contributed by atoms with Crippen LogP contribution in [0.5, 0.6) is 17.2 Å². The fourth-order valence-corrected chi connectivity index (χ4v) is 4.62. The van der Waals surface area contributed by atoms with E-state index in [0.717, 1.165) is 12.0 Å². The number of methoxy groups -OCH3 is 2. The normalized spacial score (nSPS) is 16.7. The number of hydrogen-bond donors (Lipinski definition) is 1. The lowest BCUT2D eigenvalue weighted by Gasteiger charge is -2.26. The van der Waals surface area contributed by atoms with Crippen molar-refractivity contribution in [3.8, 4) is 17.2 Å². The highest BCUT2D eigenvalue weighted by Gasteiger charge is 2.47. The Morgan fingerprint density at radius 1 is 0.919 bits per heavy atom. The van der Waals surface area contributed by atoms with Crippen LogP contribution in [0.1, 0.15) is 36.6 Å². The largest absolute Gasteiger partial charge is 0.507 e. The van der Waals surface area contributed by atoms with Crippen LogP contribution < -0.4 is 19.1 Å². The molecule has 1 amide bonds. The van der Waals surface area contributed by atoms with Crippen molar-refractivity contribution >= 4 is 34.7 Å². The van der Waals surface area contributed by atoms with E-state index in [4.69, 9.17) is 25.8 Å². The van der Waals surface area contributed by atoms with Gasteiger partial charge in [0.15, 0.2) is 11.5 Å². The lowest BCUT2D eigenvalue weighted by Crippen LogP contribution is -2.29. The zero-order valence-corrected chi connectivity index (χ0v) is 21.8. The molecule has 0 bridgehead atoms. The number of amides is 1. The summed E-state index contributed by atoms with van der Waals surface area (Å²) in [6.45, 7) is 4.27. The van der Waals surface area contributed by atoms with Gasteiger partial charge in [0.2, 0.25) is 0 Å². The minimum atomic E-state index is -0.943. The number of Topliss-reactive ketones (excluding diaryl/α,β-unsaturated/α-hetero) is 1. The maximum Gasteiger partial charge on any atom is 0.300 e. The van der Waals surface area contributed by atoms with Gasteiger partial charge in [-0.25, -0.2) is 0 Å². The Labute approximate surface area is 220 Å². The van der Waals surface area contributed by atoms with Gasteiger partial charge in [-0.3, -0.25) is 14.5 Å². The number of aryl methyl sites for hydroxylation is 1. The number of benzene rings is 3. The second kappa shape index (κ2) is 11.0. The van der Waals surface area contributed by atoms with Crippen molar-refractivity contribution in [3.05, 3.63) is 87.9 Å². The summed E-state index contributed by atoms with van der Waals surface area (Å²) in [4.78, 5) is 28.3. The van der Waals surface area contributed by atoms with Crippen LogP contribution in [-0.2, 0) is 16.0 Å². The third-order valence-electron chi connectivity index (χ3n) is 6.29. The first-order valence-electron chi connectivity index (χ1n) is 11.9. The highest BCUT2D eigenvalue weighted by Crippen LogP contribution is 2.45. The summed E-state index contributed by atoms with van der Waals surface area (Å²) < 4.78 is 16.6. The van der Waals surface area contributed by atoms with Crippen molar-refractivity contribution in [2.75, 3.05) is 25.7 Å². The number of hydrogen-bond acceptors (Lipinski definition) is 6. The molecule has 3 aromatic carbocycles. The van der Waals surface area contributed by atoms with Gasteiger partial charge in [0.25, 0.3) is 11.7 Å². The second-order valence-corrected chi connectivity index (χ2v) is 8.81. The van der Waals surface area contributed by atoms with Gasteiger partial charge in [0.1, 0.15) is 11.5 Å². The highest BCUT2D eigenvalue weighted by molar-refractivity contribution is 6.51. The van der Waals surface area contributed by atoms with Gasteiger partial charge in [0, 0.05) is 10.7 Å². The Balaban J connectivity index is 1.99. The summed E-state index contributed by atoms with van der Waals surface area (Å²) in [7, 11) is 2.98. The SMILES string of the molecule is CCOc1cc(C2/C(=C(\O)c3cc(Cl)ccc3OC)C(=O)C(=O)N2c2ccc(CC)cc2)ccc1OC. The molecule has 1 atom stereocenters. The lowest BCUT2D eigenvalue weighted by molar-refractivity contribution is -0.132. The average molecular weight is 522 g/mol. The first kappa shape index (κ1) is 26.1. The summed E-state index contributed by atoms with van der Waals surface area (Å²) in [6.07, 6.45) is 0.827. The third-order valence-corrected chi connectivity index (χ3v) is 6.52. The summed E-state index contributed by atoms with van der Waals surface area (Å²) in [6, 6.07) is 16.3. The predicted octanol–water partition coefficient (Wildman–Crippen LogP) is 5.94. The molecule has 7 nitrogen and oxygen atoms in total. The number of carbonyl (C=O) groups excluding carboxylic acids is 2. The highest BCUT2D eigenvalue weighted by atomic mass is 35.5. The van der Waals surface area contributed by atoms with Crippen molar-refractivity contribution in [2.24, 2.45) is 0 Å². The monoisotopic (exact) mass is 521 g/mol. The van der Waals surface area contributed by atoms with E-state index in [1.54, 1.807) is 42.5 Å². The van der Waals surface area contributed by atoms with Crippen LogP contribution in [-0.4, -0.2) is 37.6 Å². The number of nitrogens with zero attached hydrogens (tertiary/aromatic N) is 1. The molecule has 1 saturated heterocycles. The molecule has 1 aliphatic rings. The minimum Gasteiger partial charge on any atom is -0.507 e. The summed E-state index contributed by atoms with van der Waals surface area (Å²) in [5, 5.41) is 11.8. The van der Waals surface area contributed by atoms with E-state index >= 15 is 0 Å². The predicted molar refractivity (Wildman–Crippen MR) is 143 cm³/mol. The van der Waals surface area contributed by atoms with Gasteiger partial charge in [-0.2, -0.15) is 0 Å². The maximum absolute atomic E-state index is 13.5. The van der Waals surface area contributed by atoms with E-state index in [0.29, 0.717) is 40.1 Å². The molecule has 1 aliphatic heterocycles. The third kappa shape index (κ3) is 4.87. The number of ether oxygens (including phenoxy) is 3. The van der Waals surface area contributed by atoms with Gasteiger partial charge in [-0.05, 0) is 66.9 Å². The number of anilines is 1. The lowest BCUT2D eigenvalue weighted by atomic mass is 9.94. The first-order valence-corrected chi connectivity index (χ1v) is 12.3. The molecule has 192 valence electrons. The Morgan fingerprint density at radius 3 is 2.22 bits per heavy atom. The Morgan fingerprint density at radius 2 is 1.59 bits per heavy atom. The van der Waals surface area contributed by atoms with Crippen molar-refractivity contribution in [1.82, 2.24) is 0 Å². The fourth-order valence-electron chi connectivity index (χ4n) is 4.45. The molecular weight excluding hydrogens is 494 g/mol.